The smallest absolute Gasteiger partial charge is 0.0491 e. The number of nitrogens with zero attached hydrogens (tertiary/aromatic N) is 1. The zero-order valence-corrected chi connectivity index (χ0v) is 15.1. The van der Waals surface area contributed by atoms with Crippen molar-refractivity contribution in [3.8, 4) is 0 Å². The van der Waals surface area contributed by atoms with Crippen molar-refractivity contribution in [1.82, 2.24) is 4.57 Å². The summed E-state index contributed by atoms with van der Waals surface area (Å²) in [7, 11) is 2.17. The number of hydrogen-bond donors (Lipinski definition) is 0. The van der Waals surface area contributed by atoms with Crippen molar-refractivity contribution >= 4 is 43.2 Å². The van der Waals surface area contributed by atoms with E-state index in [0.717, 1.165) is 0 Å². The van der Waals surface area contributed by atoms with Crippen LogP contribution in [-0.4, -0.2) is 4.57 Å². The van der Waals surface area contributed by atoms with Crippen molar-refractivity contribution in [2.75, 3.05) is 0 Å². The Kier molecular flexibility index (Phi) is 2.82. The average Bonchev–Trinajstić information content (AvgIpc) is 2.84. The molecule has 122 valence electrons. The van der Waals surface area contributed by atoms with Gasteiger partial charge in [-0.15, -0.1) is 0 Å². The molecule has 0 radical (unpaired) electrons. The molecule has 0 N–H and O–H groups in total. The molecular weight excluding hydrogens is 302 g/mol. The standard InChI is InChI=1S/C24H21N/c1-14-11-22-24(15(2)16(3)25(22)4)20-10-9-19-12-17-7-5-6-8-18(17)13-21(19)23(14)20/h5-13H,1-4H3. The first-order chi connectivity index (χ1) is 12.1. The van der Waals surface area contributed by atoms with Crippen molar-refractivity contribution in [3.63, 3.8) is 0 Å². The van der Waals surface area contributed by atoms with Gasteiger partial charge in [0.15, 0.2) is 0 Å². The molecule has 5 rings (SSSR count). The summed E-state index contributed by atoms with van der Waals surface area (Å²) in [6.07, 6.45) is 0. The third kappa shape index (κ3) is 1.84. The number of aryl methyl sites for hydroxylation is 3. The Labute approximate surface area is 147 Å². The molecule has 25 heavy (non-hydrogen) atoms. The van der Waals surface area contributed by atoms with Crippen molar-refractivity contribution in [2.24, 2.45) is 7.05 Å². The fourth-order valence-electron chi connectivity index (χ4n) is 4.41. The summed E-state index contributed by atoms with van der Waals surface area (Å²) < 4.78 is 2.32. The normalized spacial score (nSPS) is 12.0. The van der Waals surface area contributed by atoms with E-state index in [2.05, 4.69) is 87.0 Å². The maximum atomic E-state index is 2.36. The van der Waals surface area contributed by atoms with Crippen LogP contribution in [0.3, 0.4) is 0 Å². The first-order valence-electron chi connectivity index (χ1n) is 8.86. The van der Waals surface area contributed by atoms with Gasteiger partial charge in [0.2, 0.25) is 0 Å². The lowest BCUT2D eigenvalue weighted by atomic mass is 9.93. The van der Waals surface area contributed by atoms with Crippen LogP contribution in [-0.2, 0) is 7.05 Å². The lowest BCUT2D eigenvalue weighted by Gasteiger charge is -2.11. The van der Waals surface area contributed by atoms with E-state index in [9.17, 15) is 0 Å². The Hall–Kier alpha value is -2.80. The monoisotopic (exact) mass is 323 g/mol. The molecule has 0 amide bonds. The first-order valence-corrected chi connectivity index (χ1v) is 8.86. The van der Waals surface area contributed by atoms with Crippen molar-refractivity contribution in [3.05, 3.63) is 71.4 Å². The quantitative estimate of drug-likeness (QED) is 0.224. The molecule has 0 unspecified atom stereocenters. The van der Waals surface area contributed by atoms with Gasteiger partial charge in [-0.3, -0.25) is 0 Å². The molecule has 0 fully saturated rings. The second-order valence-corrected chi connectivity index (χ2v) is 7.27. The highest BCUT2D eigenvalue weighted by atomic mass is 14.9. The van der Waals surface area contributed by atoms with Gasteiger partial charge in [-0.25, -0.2) is 0 Å². The van der Waals surface area contributed by atoms with Crippen LogP contribution < -0.4 is 0 Å². The van der Waals surface area contributed by atoms with Crippen LogP contribution in [0.1, 0.15) is 16.8 Å². The van der Waals surface area contributed by atoms with Crippen LogP contribution in [0, 0.1) is 20.8 Å². The molecule has 0 aliphatic rings. The van der Waals surface area contributed by atoms with E-state index in [1.807, 2.05) is 0 Å². The van der Waals surface area contributed by atoms with Crippen molar-refractivity contribution < 1.29 is 0 Å². The Morgan fingerprint density at radius 2 is 1.40 bits per heavy atom. The molecule has 0 spiro atoms. The molecule has 5 aromatic rings. The molecule has 1 heteroatoms. The van der Waals surface area contributed by atoms with E-state index in [4.69, 9.17) is 0 Å². The SMILES string of the molecule is Cc1cc2c(c(C)c(C)n2C)c2ccc3cc4ccccc4cc3c12. The van der Waals surface area contributed by atoms with E-state index in [1.165, 1.54) is 60.0 Å². The third-order valence-corrected chi connectivity index (χ3v) is 5.94. The number of benzene rings is 4. The van der Waals surface area contributed by atoms with Crippen LogP contribution in [0.25, 0.3) is 43.2 Å². The highest BCUT2D eigenvalue weighted by Gasteiger charge is 2.15. The first kappa shape index (κ1) is 14.5. The summed E-state index contributed by atoms with van der Waals surface area (Å²) in [5.41, 5.74) is 5.42. The van der Waals surface area contributed by atoms with Crippen molar-refractivity contribution in [2.45, 2.75) is 20.8 Å². The Morgan fingerprint density at radius 3 is 2.16 bits per heavy atom. The van der Waals surface area contributed by atoms with E-state index in [0.29, 0.717) is 0 Å². The van der Waals surface area contributed by atoms with E-state index >= 15 is 0 Å². The average molecular weight is 323 g/mol. The van der Waals surface area contributed by atoms with Gasteiger partial charge >= 0.3 is 0 Å². The van der Waals surface area contributed by atoms with Gasteiger partial charge in [-0.1, -0.05) is 36.4 Å². The lowest BCUT2D eigenvalue weighted by molar-refractivity contribution is 0.910. The van der Waals surface area contributed by atoms with Gasteiger partial charge in [0.05, 0.1) is 0 Å². The molecule has 0 bridgehead atoms. The molecule has 0 aliphatic carbocycles. The number of hydrogen-bond acceptors (Lipinski definition) is 0. The minimum atomic E-state index is 1.31. The molecule has 0 saturated carbocycles. The van der Waals surface area contributed by atoms with Gasteiger partial charge in [-0.2, -0.15) is 0 Å². The van der Waals surface area contributed by atoms with Gasteiger partial charge in [0, 0.05) is 23.6 Å². The lowest BCUT2D eigenvalue weighted by Crippen LogP contribution is -1.91. The molecule has 4 aromatic carbocycles. The van der Waals surface area contributed by atoms with Crippen LogP contribution in [0.2, 0.25) is 0 Å². The second-order valence-electron chi connectivity index (χ2n) is 7.27. The van der Waals surface area contributed by atoms with Crippen molar-refractivity contribution in [1.29, 1.82) is 0 Å². The molecular formula is C24H21N. The number of fused-ring (bicyclic) bond motifs is 6. The topological polar surface area (TPSA) is 4.93 Å². The summed E-state index contributed by atoms with van der Waals surface area (Å²) in [6.45, 7) is 6.70. The third-order valence-electron chi connectivity index (χ3n) is 5.94. The fourth-order valence-corrected chi connectivity index (χ4v) is 4.41. The number of aromatic nitrogens is 1. The summed E-state index contributed by atoms with van der Waals surface area (Å²) >= 11 is 0. The maximum Gasteiger partial charge on any atom is 0.0491 e. The van der Waals surface area contributed by atoms with Gasteiger partial charge in [0.1, 0.15) is 0 Å². The van der Waals surface area contributed by atoms with Crippen LogP contribution in [0.4, 0.5) is 0 Å². The van der Waals surface area contributed by atoms with E-state index < -0.39 is 0 Å². The summed E-state index contributed by atoms with van der Waals surface area (Å²) in [4.78, 5) is 0. The van der Waals surface area contributed by atoms with Gasteiger partial charge in [-0.05, 0) is 82.4 Å². The van der Waals surface area contributed by atoms with E-state index in [1.54, 1.807) is 0 Å². The summed E-state index contributed by atoms with van der Waals surface area (Å²) in [5.74, 6) is 0. The second kappa shape index (κ2) is 4.86. The maximum absolute atomic E-state index is 2.36. The highest BCUT2D eigenvalue weighted by Crippen LogP contribution is 2.38. The highest BCUT2D eigenvalue weighted by molar-refractivity contribution is 6.21. The van der Waals surface area contributed by atoms with E-state index in [-0.39, 0.29) is 0 Å². The summed E-state index contributed by atoms with van der Waals surface area (Å²) in [5, 5.41) is 9.46. The molecule has 0 saturated heterocycles. The minimum Gasteiger partial charge on any atom is -0.348 e. The molecule has 1 aromatic heterocycles. The Morgan fingerprint density at radius 1 is 0.680 bits per heavy atom. The minimum absolute atomic E-state index is 1.31. The fraction of sp³-hybridized carbons (Fsp3) is 0.167. The zero-order valence-electron chi connectivity index (χ0n) is 15.1. The van der Waals surface area contributed by atoms with Crippen LogP contribution >= 0.6 is 0 Å². The molecule has 0 aliphatic heterocycles. The molecule has 1 heterocycles. The molecule has 0 atom stereocenters. The van der Waals surface area contributed by atoms with Crippen LogP contribution in [0.5, 0.6) is 0 Å². The Bertz CT molecular complexity index is 1320. The predicted octanol–water partition coefficient (Wildman–Crippen LogP) is 6.56. The molecule has 1 nitrogen and oxygen atoms in total. The largest absolute Gasteiger partial charge is 0.348 e. The summed E-state index contributed by atoms with van der Waals surface area (Å²) in [6, 6.07) is 20.3. The van der Waals surface area contributed by atoms with Crippen LogP contribution in [0.15, 0.2) is 54.6 Å². The Balaban J connectivity index is 2.07. The predicted molar refractivity (Wildman–Crippen MR) is 110 cm³/mol. The number of rotatable bonds is 0. The van der Waals surface area contributed by atoms with Gasteiger partial charge < -0.3 is 4.57 Å². The van der Waals surface area contributed by atoms with Gasteiger partial charge in [0.25, 0.3) is 0 Å². The zero-order chi connectivity index (χ0) is 17.3.